The Kier molecular flexibility index (Phi) is 3.73. The molecule has 2 aromatic rings. The van der Waals surface area contributed by atoms with Gasteiger partial charge in [0.05, 0.1) is 9.37 Å². The highest BCUT2D eigenvalue weighted by molar-refractivity contribution is 9.10. The molecule has 1 saturated carbocycles. The maximum atomic E-state index is 12.1. The van der Waals surface area contributed by atoms with Crippen molar-refractivity contribution in [3.63, 3.8) is 0 Å². The molecule has 21 heavy (non-hydrogen) atoms. The second-order valence-electron chi connectivity index (χ2n) is 5.01. The van der Waals surface area contributed by atoms with Gasteiger partial charge in [0, 0.05) is 17.8 Å². The molecule has 0 atom stereocenters. The summed E-state index contributed by atoms with van der Waals surface area (Å²) in [4.78, 5) is 4.35. The molecule has 0 saturated heterocycles. The molecule has 3 rings (SSSR count). The Bertz CT molecular complexity index is 771. The van der Waals surface area contributed by atoms with Gasteiger partial charge in [0.2, 0.25) is 10.0 Å². The van der Waals surface area contributed by atoms with Crippen molar-refractivity contribution in [2.45, 2.75) is 23.8 Å². The van der Waals surface area contributed by atoms with Crippen LogP contribution in [0.1, 0.15) is 12.8 Å². The molecule has 0 radical (unpaired) electrons. The monoisotopic (exact) mass is 367 g/mol. The van der Waals surface area contributed by atoms with Gasteiger partial charge in [0.15, 0.2) is 0 Å². The summed E-state index contributed by atoms with van der Waals surface area (Å²) < 4.78 is 27.5. The third kappa shape index (κ3) is 3.25. The first-order valence-electron chi connectivity index (χ1n) is 6.49. The van der Waals surface area contributed by atoms with Crippen molar-refractivity contribution in [3.05, 3.63) is 41.0 Å². The number of rotatable bonds is 4. The summed E-state index contributed by atoms with van der Waals surface area (Å²) in [6.07, 6.45) is 3.50. The zero-order valence-corrected chi connectivity index (χ0v) is 13.5. The van der Waals surface area contributed by atoms with Crippen LogP contribution in [-0.2, 0) is 10.0 Å². The highest BCUT2D eigenvalue weighted by Crippen LogP contribution is 2.27. The van der Waals surface area contributed by atoms with Gasteiger partial charge in [-0.15, -0.1) is 0 Å². The minimum Gasteiger partial charge on any atom is -0.383 e. The largest absolute Gasteiger partial charge is 0.383 e. The zero-order valence-electron chi connectivity index (χ0n) is 11.1. The van der Waals surface area contributed by atoms with E-state index >= 15 is 0 Å². The molecular weight excluding hydrogens is 354 g/mol. The number of nitrogens with one attached hydrogen (secondary N) is 1. The van der Waals surface area contributed by atoms with Gasteiger partial charge in [-0.2, -0.15) is 0 Å². The molecule has 0 amide bonds. The van der Waals surface area contributed by atoms with E-state index in [-0.39, 0.29) is 10.9 Å². The standard InChI is InChI=1S/C14H14BrN3O2S/c15-13-7-10(8-17-14(13)16)9-1-5-12(6-2-9)21(19,20)18-11-3-4-11/h1-2,5-8,11,18H,3-4H2,(H2,16,17). The van der Waals surface area contributed by atoms with E-state index in [1.54, 1.807) is 30.5 Å². The minimum absolute atomic E-state index is 0.104. The van der Waals surface area contributed by atoms with E-state index < -0.39 is 10.0 Å². The maximum Gasteiger partial charge on any atom is 0.240 e. The van der Waals surface area contributed by atoms with Crippen LogP contribution < -0.4 is 10.5 Å². The molecule has 0 spiro atoms. The van der Waals surface area contributed by atoms with Crippen molar-refractivity contribution in [3.8, 4) is 11.1 Å². The van der Waals surface area contributed by atoms with Gasteiger partial charge in [-0.25, -0.2) is 18.1 Å². The Hall–Kier alpha value is -1.44. The van der Waals surface area contributed by atoms with E-state index in [4.69, 9.17) is 5.73 Å². The molecule has 5 nitrogen and oxygen atoms in total. The average molecular weight is 368 g/mol. The van der Waals surface area contributed by atoms with Crippen LogP contribution in [0.25, 0.3) is 11.1 Å². The summed E-state index contributed by atoms with van der Waals surface area (Å²) in [5.41, 5.74) is 7.41. The molecule has 1 aliphatic rings. The van der Waals surface area contributed by atoms with Crippen LogP contribution in [0.2, 0.25) is 0 Å². The first kappa shape index (κ1) is 14.5. The lowest BCUT2D eigenvalue weighted by molar-refractivity contribution is 0.581. The van der Waals surface area contributed by atoms with E-state index in [1.807, 2.05) is 6.07 Å². The minimum atomic E-state index is -3.41. The van der Waals surface area contributed by atoms with Crippen molar-refractivity contribution in [1.29, 1.82) is 0 Å². The lowest BCUT2D eigenvalue weighted by Gasteiger charge is -2.07. The Morgan fingerprint density at radius 1 is 1.19 bits per heavy atom. The van der Waals surface area contributed by atoms with Crippen LogP contribution >= 0.6 is 15.9 Å². The third-order valence-corrected chi connectivity index (χ3v) is 5.44. The predicted molar refractivity (Wildman–Crippen MR) is 85.1 cm³/mol. The van der Waals surface area contributed by atoms with Gasteiger partial charge >= 0.3 is 0 Å². The average Bonchev–Trinajstić information content (AvgIpc) is 3.25. The molecule has 0 bridgehead atoms. The number of anilines is 1. The number of hydrogen-bond acceptors (Lipinski definition) is 4. The Morgan fingerprint density at radius 3 is 2.43 bits per heavy atom. The summed E-state index contributed by atoms with van der Waals surface area (Å²) >= 11 is 3.33. The molecule has 0 unspecified atom stereocenters. The van der Waals surface area contributed by atoms with Crippen LogP contribution in [0.3, 0.4) is 0 Å². The molecule has 1 aromatic heterocycles. The summed E-state index contributed by atoms with van der Waals surface area (Å²) in [5.74, 6) is 0.423. The van der Waals surface area contributed by atoms with Crippen LogP contribution in [0.5, 0.6) is 0 Å². The molecule has 1 fully saturated rings. The molecule has 7 heteroatoms. The number of halogens is 1. The summed E-state index contributed by atoms with van der Waals surface area (Å²) in [6.45, 7) is 0. The van der Waals surface area contributed by atoms with Crippen LogP contribution in [0.4, 0.5) is 5.82 Å². The van der Waals surface area contributed by atoms with Crippen LogP contribution in [0, 0.1) is 0 Å². The lowest BCUT2D eigenvalue weighted by atomic mass is 10.1. The van der Waals surface area contributed by atoms with Crippen molar-refractivity contribution in [1.82, 2.24) is 9.71 Å². The smallest absolute Gasteiger partial charge is 0.240 e. The molecule has 3 N–H and O–H groups in total. The lowest BCUT2D eigenvalue weighted by Crippen LogP contribution is -2.25. The number of sulfonamides is 1. The number of aromatic nitrogens is 1. The van der Waals surface area contributed by atoms with Gasteiger partial charge in [-0.3, -0.25) is 0 Å². The van der Waals surface area contributed by atoms with Crippen LogP contribution in [0.15, 0.2) is 45.9 Å². The first-order chi connectivity index (χ1) is 9.95. The first-order valence-corrected chi connectivity index (χ1v) is 8.77. The summed E-state index contributed by atoms with van der Waals surface area (Å²) in [7, 11) is -3.41. The number of nitrogens with zero attached hydrogens (tertiary/aromatic N) is 1. The number of pyridine rings is 1. The second-order valence-corrected chi connectivity index (χ2v) is 7.58. The van der Waals surface area contributed by atoms with Gasteiger partial charge in [0.1, 0.15) is 5.82 Å². The maximum absolute atomic E-state index is 12.1. The number of nitrogens with two attached hydrogens (primary N) is 1. The predicted octanol–water partition coefficient (Wildman–Crippen LogP) is 2.53. The third-order valence-electron chi connectivity index (χ3n) is 3.27. The van der Waals surface area contributed by atoms with E-state index in [1.165, 1.54) is 0 Å². The fraction of sp³-hybridized carbons (Fsp3) is 0.214. The van der Waals surface area contributed by atoms with Gasteiger partial charge in [0.25, 0.3) is 0 Å². The van der Waals surface area contributed by atoms with E-state index in [0.29, 0.717) is 10.3 Å². The number of nitrogen functional groups attached to an aromatic ring is 1. The second kappa shape index (κ2) is 5.40. The van der Waals surface area contributed by atoms with E-state index in [9.17, 15) is 8.42 Å². The summed E-state index contributed by atoms with van der Waals surface area (Å²) in [6, 6.07) is 8.69. The van der Waals surface area contributed by atoms with Crippen LogP contribution in [-0.4, -0.2) is 19.4 Å². The molecule has 1 aliphatic carbocycles. The Morgan fingerprint density at radius 2 is 1.86 bits per heavy atom. The SMILES string of the molecule is Nc1ncc(-c2ccc(S(=O)(=O)NC3CC3)cc2)cc1Br. The number of hydrogen-bond donors (Lipinski definition) is 2. The molecular formula is C14H14BrN3O2S. The van der Waals surface area contributed by atoms with Crippen molar-refractivity contribution >= 4 is 31.8 Å². The highest BCUT2D eigenvalue weighted by Gasteiger charge is 2.27. The molecule has 0 aliphatic heterocycles. The molecule has 1 aromatic carbocycles. The fourth-order valence-electron chi connectivity index (χ4n) is 1.92. The van der Waals surface area contributed by atoms with Gasteiger partial charge < -0.3 is 5.73 Å². The van der Waals surface area contributed by atoms with Crippen molar-refractivity contribution in [2.24, 2.45) is 0 Å². The zero-order chi connectivity index (χ0) is 15.0. The number of benzene rings is 1. The quantitative estimate of drug-likeness (QED) is 0.869. The Labute approximate surface area is 131 Å². The van der Waals surface area contributed by atoms with Crippen molar-refractivity contribution < 1.29 is 8.42 Å². The van der Waals surface area contributed by atoms with E-state index in [0.717, 1.165) is 24.0 Å². The van der Waals surface area contributed by atoms with Gasteiger partial charge in [-0.05, 0) is 52.5 Å². The molecule has 1 heterocycles. The van der Waals surface area contributed by atoms with Crippen molar-refractivity contribution in [2.75, 3.05) is 5.73 Å². The fourth-order valence-corrected chi connectivity index (χ4v) is 3.58. The molecule has 110 valence electrons. The summed E-state index contributed by atoms with van der Waals surface area (Å²) in [5, 5.41) is 0. The van der Waals surface area contributed by atoms with Gasteiger partial charge in [-0.1, -0.05) is 12.1 Å². The van der Waals surface area contributed by atoms with E-state index in [2.05, 4.69) is 25.6 Å². The normalized spacial score (nSPS) is 15.1. The Balaban J connectivity index is 1.88. The topological polar surface area (TPSA) is 85.1 Å². The highest BCUT2D eigenvalue weighted by atomic mass is 79.9.